The first-order valence-electron chi connectivity index (χ1n) is 8.15. The van der Waals surface area contributed by atoms with Gasteiger partial charge < -0.3 is 19.5 Å². The zero-order chi connectivity index (χ0) is 17.6. The van der Waals surface area contributed by atoms with Crippen molar-refractivity contribution in [2.75, 3.05) is 25.6 Å². The standard InChI is InChI=1S/C19H20BrNO4/c1-23-18-9-4-13(20)11-17(18)19(22)21-14-5-7-15(8-6-14)25-12-16-3-2-10-24-16/h4-9,11,16H,2-3,10,12H2,1H3,(H,21,22). The Labute approximate surface area is 155 Å². The third-order valence-electron chi connectivity index (χ3n) is 3.98. The monoisotopic (exact) mass is 405 g/mol. The van der Waals surface area contributed by atoms with E-state index in [0.717, 1.165) is 29.7 Å². The van der Waals surface area contributed by atoms with E-state index in [9.17, 15) is 4.79 Å². The van der Waals surface area contributed by atoms with Gasteiger partial charge in [-0.25, -0.2) is 0 Å². The predicted octanol–water partition coefficient (Wildman–Crippen LogP) is 4.27. The van der Waals surface area contributed by atoms with Crippen LogP contribution in [0.25, 0.3) is 0 Å². The summed E-state index contributed by atoms with van der Waals surface area (Å²) < 4.78 is 17.3. The number of carbonyl (C=O) groups excluding carboxylic acids is 1. The van der Waals surface area contributed by atoms with Gasteiger partial charge in [0.25, 0.3) is 5.91 Å². The topological polar surface area (TPSA) is 56.8 Å². The Balaban J connectivity index is 1.61. The van der Waals surface area contributed by atoms with Gasteiger partial charge in [0, 0.05) is 16.8 Å². The number of methoxy groups -OCH3 is 1. The molecule has 1 fully saturated rings. The van der Waals surface area contributed by atoms with Crippen LogP contribution in [0, 0.1) is 0 Å². The lowest BCUT2D eigenvalue weighted by Gasteiger charge is -2.12. The Kier molecular flexibility index (Phi) is 5.94. The van der Waals surface area contributed by atoms with Crippen LogP contribution in [0.15, 0.2) is 46.9 Å². The molecule has 25 heavy (non-hydrogen) atoms. The Hall–Kier alpha value is -2.05. The molecule has 2 aromatic carbocycles. The maximum atomic E-state index is 12.5. The van der Waals surface area contributed by atoms with Crippen molar-refractivity contribution in [3.63, 3.8) is 0 Å². The normalized spacial score (nSPS) is 16.5. The number of anilines is 1. The first kappa shape index (κ1) is 17.8. The Morgan fingerprint density at radius 2 is 2.08 bits per heavy atom. The molecule has 0 aliphatic carbocycles. The number of carbonyl (C=O) groups is 1. The molecule has 0 saturated carbocycles. The quantitative estimate of drug-likeness (QED) is 0.779. The van der Waals surface area contributed by atoms with Crippen LogP contribution < -0.4 is 14.8 Å². The van der Waals surface area contributed by atoms with E-state index < -0.39 is 0 Å². The van der Waals surface area contributed by atoms with Crippen LogP contribution >= 0.6 is 15.9 Å². The highest BCUT2D eigenvalue weighted by molar-refractivity contribution is 9.10. The molecule has 2 aromatic rings. The summed E-state index contributed by atoms with van der Waals surface area (Å²) in [6.07, 6.45) is 2.32. The van der Waals surface area contributed by atoms with Crippen LogP contribution in [-0.2, 0) is 4.74 Å². The second-order valence-corrected chi connectivity index (χ2v) is 6.68. The van der Waals surface area contributed by atoms with Gasteiger partial charge in [0.2, 0.25) is 0 Å². The number of nitrogens with one attached hydrogen (secondary N) is 1. The molecule has 1 N–H and O–H groups in total. The molecular formula is C19H20BrNO4. The fraction of sp³-hybridized carbons (Fsp3) is 0.316. The minimum absolute atomic E-state index is 0.184. The van der Waals surface area contributed by atoms with Crippen molar-refractivity contribution >= 4 is 27.5 Å². The second kappa shape index (κ2) is 8.36. The Morgan fingerprint density at radius 3 is 2.76 bits per heavy atom. The summed E-state index contributed by atoms with van der Waals surface area (Å²) in [5.74, 6) is 1.05. The molecule has 1 aliphatic heterocycles. The van der Waals surface area contributed by atoms with Crippen LogP contribution in [0.5, 0.6) is 11.5 Å². The molecule has 0 radical (unpaired) electrons. The molecule has 3 rings (SSSR count). The largest absolute Gasteiger partial charge is 0.496 e. The van der Waals surface area contributed by atoms with Crippen molar-refractivity contribution in [3.05, 3.63) is 52.5 Å². The van der Waals surface area contributed by atoms with Gasteiger partial charge >= 0.3 is 0 Å². The van der Waals surface area contributed by atoms with Crippen molar-refractivity contribution in [2.45, 2.75) is 18.9 Å². The van der Waals surface area contributed by atoms with Crippen molar-refractivity contribution in [1.29, 1.82) is 0 Å². The van der Waals surface area contributed by atoms with E-state index in [1.807, 2.05) is 30.3 Å². The molecule has 1 amide bonds. The molecule has 0 aromatic heterocycles. The SMILES string of the molecule is COc1ccc(Br)cc1C(=O)Nc1ccc(OCC2CCCO2)cc1. The van der Waals surface area contributed by atoms with Gasteiger partial charge in [0.05, 0.1) is 18.8 Å². The van der Waals surface area contributed by atoms with Crippen molar-refractivity contribution in [1.82, 2.24) is 0 Å². The zero-order valence-corrected chi connectivity index (χ0v) is 15.5. The fourth-order valence-electron chi connectivity index (χ4n) is 2.66. The average Bonchev–Trinajstić information content (AvgIpc) is 3.14. The average molecular weight is 406 g/mol. The van der Waals surface area contributed by atoms with E-state index in [0.29, 0.717) is 23.6 Å². The lowest BCUT2D eigenvalue weighted by atomic mass is 10.2. The van der Waals surface area contributed by atoms with Crippen LogP contribution in [0.2, 0.25) is 0 Å². The Bertz CT molecular complexity index is 727. The molecule has 1 atom stereocenters. The van der Waals surface area contributed by atoms with Gasteiger partial charge in [-0.2, -0.15) is 0 Å². The molecule has 1 unspecified atom stereocenters. The predicted molar refractivity (Wildman–Crippen MR) is 99.6 cm³/mol. The maximum absolute atomic E-state index is 12.5. The van der Waals surface area contributed by atoms with Crippen LogP contribution in [-0.4, -0.2) is 32.3 Å². The molecule has 1 saturated heterocycles. The van der Waals surface area contributed by atoms with Gasteiger partial charge in [-0.15, -0.1) is 0 Å². The van der Waals surface area contributed by atoms with Gasteiger partial charge in [-0.3, -0.25) is 4.79 Å². The summed E-state index contributed by atoms with van der Waals surface area (Å²) in [6.45, 7) is 1.37. The first-order valence-corrected chi connectivity index (χ1v) is 8.94. The maximum Gasteiger partial charge on any atom is 0.259 e. The van der Waals surface area contributed by atoms with E-state index >= 15 is 0 Å². The third-order valence-corrected chi connectivity index (χ3v) is 4.47. The highest BCUT2D eigenvalue weighted by Crippen LogP contribution is 2.25. The number of hydrogen-bond donors (Lipinski definition) is 1. The number of ether oxygens (including phenoxy) is 3. The molecular weight excluding hydrogens is 386 g/mol. The minimum Gasteiger partial charge on any atom is -0.496 e. The lowest BCUT2D eigenvalue weighted by Crippen LogP contribution is -2.16. The van der Waals surface area contributed by atoms with Crippen molar-refractivity contribution < 1.29 is 19.0 Å². The van der Waals surface area contributed by atoms with E-state index in [-0.39, 0.29) is 12.0 Å². The fourth-order valence-corrected chi connectivity index (χ4v) is 3.02. The first-order chi connectivity index (χ1) is 12.2. The molecule has 1 heterocycles. The van der Waals surface area contributed by atoms with Crippen LogP contribution in [0.3, 0.4) is 0 Å². The summed E-state index contributed by atoms with van der Waals surface area (Å²) in [4.78, 5) is 12.5. The van der Waals surface area contributed by atoms with Gasteiger partial charge in [0.1, 0.15) is 18.1 Å². The van der Waals surface area contributed by atoms with E-state index in [2.05, 4.69) is 21.2 Å². The molecule has 6 heteroatoms. The summed E-state index contributed by atoms with van der Waals surface area (Å²) in [5.41, 5.74) is 1.16. The molecule has 132 valence electrons. The van der Waals surface area contributed by atoms with E-state index in [1.165, 1.54) is 0 Å². The van der Waals surface area contributed by atoms with Crippen LogP contribution in [0.1, 0.15) is 23.2 Å². The second-order valence-electron chi connectivity index (χ2n) is 5.77. The zero-order valence-electron chi connectivity index (χ0n) is 14.0. The molecule has 0 bridgehead atoms. The Morgan fingerprint density at radius 1 is 1.28 bits per heavy atom. The van der Waals surface area contributed by atoms with Crippen LogP contribution in [0.4, 0.5) is 5.69 Å². The number of halogens is 1. The van der Waals surface area contributed by atoms with Gasteiger partial charge in [-0.1, -0.05) is 15.9 Å². The van der Waals surface area contributed by atoms with Gasteiger partial charge in [-0.05, 0) is 55.3 Å². The summed E-state index contributed by atoms with van der Waals surface area (Å²) >= 11 is 3.37. The van der Waals surface area contributed by atoms with Crippen molar-refractivity contribution in [3.8, 4) is 11.5 Å². The van der Waals surface area contributed by atoms with E-state index in [1.54, 1.807) is 19.2 Å². The third kappa shape index (κ3) is 4.74. The number of benzene rings is 2. The minimum atomic E-state index is -0.230. The highest BCUT2D eigenvalue weighted by Gasteiger charge is 2.16. The van der Waals surface area contributed by atoms with Gasteiger partial charge in [0.15, 0.2) is 0 Å². The summed E-state index contributed by atoms with van der Waals surface area (Å²) in [7, 11) is 1.54. The van der Waals surface area contributed by atoms with E-state index in [4.69, 9.17) is 14.2 Å². The molecule has 0 spiro atoms. The smallest absolute Gasteiger partial charge is 0.259 e. The molecule has 1 aliphatic rings. The number of amides is 1. The highest BCUT2D eigenvalue weighted by atomic mass is 79.9. The molecule has 5 nitrogen and oxygen atoms in total. The summed E-state index contributed by atoms with van der Waals surface area (Å²) in [5, 5.41) is 2.86. The summed E-state index contributed by atoms with van der Waals surface area (Å²) in [6, 6.07) is 12.6. The number of rotatable bonds is 6. The lowest BCUT2D eigenvalue weighted by molar-refractivity contribution is 0.0679. The van der Waals surface area contributed by atoms with Crippen molar-refractivity contribution in [2.24, 2.45) is 0 Å². The number of hydrogen-bond acceptors (Lipinski definition) is 4.